The van der Waals surface area contributed by atoms with Gasteiger partial charge in [-0.2, -0.15) is 0 Å². The molecule has 2 rings (SSSR count). The van der Waals surface area contributed by atoms with Crippen LogP contribution >= 0.6 is 11.8 Å². The normalized spacial score (nSPS) is 26.6. The monoisotopic (exact) mass is 239 g/mol. The summed E-state index contributed by atoms with van der Waals surface area (Å²) in [6, 6.07) is 2.75. The average molecular weight is 239 g/mol. The maximum Gasteiger partial charge on any atom is 0.114 e. The van der Waals surface area contributed by atoms with Crippen molar-refractivity contribution in [3.05, 3.63) is 18.1 Å². The molecule has 2 atom stereocenters. The van der Waals surface area contributed by atoms with Crippen molar-refractivity contribution in [2.75, 3.05) is 7.05 Å². The van der Waals surface area contributed by atoms with Crippen LogP contribution in [0, 0.1) is 6.92 Å². The van der Waals surface area contributed by atoms with Gasteiger partial charge in [0.2, 0.25) is 0 Å². The first-order valence-corrected chi connectivity index (χ1v) is 7.07. The molecule has 1 N–H and O–H groups in total. The van der Waals surface area contributed by atoms with Gasteiger partial charge in [-0.25, -0.2) is 0 Å². The maximum absolute atomic E-state index is 5.36. The number of thioether (sulfide) groups is 1. The van der Waals surface area contributed by atoms with Gasteiger partial charge < -0.3 is 9.73 Å². The second-order valence-corrected chi connectivity index (χ2v) is 5.81. The molecule has 90 valence electrons. The van der Waals surface area contributed by atoms with Gasteiger partial charge in [0, 0.05) is 16.2 Å². The highest BCUT2D eigenvalue weighted by atomic mass is 32.2. The van der Waals surface area contributed by atoms with E-state index in [0.717, 1.165) is 5.76 Å². The molecule has 1 heterocycles. The molecule has 1 saturated carbocycles. The summed E-state index contributed by atoms with van der Waals surface area (Å²) in [5.41, 5.74) is 0. The molecular weight excluding hydrogens is 218 g/mol. The van der Waals surface area contributed by atoms with E-state index >= 15 is 0 Å². The number of rotatable bonds is 3. The van der Waals surface area contributed by atoms with Gasteiger partial charge in [0.25, 0.3) is 0 Å². The lowest BCUT2D eigenvalue weighted by atomic mass is 10.1. The van der Waals surface area contributed by atoms with Gasteiger partial charge in [-0.15, -0.1) is 11.8 Å². The lowest BCUT2D eigenvalue weighted by Gasteiger charge is -2.23. The van der Waals surface area contributed by atoms with Gasteiger partial charge in [0.15, 0.2) is 0 Å². The van der Waals surface area contributed by atoms with Crippen molar-refractivity contribution in [3.8, 4) is 0 Å². The van der Waals surface area contributed by atoms with Crippen LogP contribution in [-0.2, 0) is 0 Å². The summed E-state index contributed by atoms with van der Waals surface area (Å²) in [5.74, 6) is 1.06. The van der Waals surface area contributed by atoms with Crippen LogP contribution in [0.3, 0.4) is 0 Å². The number of hydrogen-bond acceptors (Lipinski definition) is 3. The fourth-order valence-corrected chi connectivity index (χ4v) is 3.80. The first-order valence-electron chi connectivity index (χ1n) is 6.19. The summed E-state index contributed by atoms with van der Waals surface area (Å²) in [6.45, 7) is 2.05. The predicted molar refractivity (Wildman–Crippen MR) is 69.0 cm³/mol. The Hall–Kier alpha value is -0.410. The summed E-state index contributed by atoms with van der Waals surface area (Å²) in [4.78, 5) is 1.31. The zero-order valence-corrected chi connectivity index (χ0v) is 11.0. The van der Waals surface area contributed by atoms with E-state index in [1.165, 1.54) is 37.0 Å². The summed E-state index contributed by atoms with van der Waals surface area (Å²) in [7, 11) is 2.09. The van der Waals surface area contributed by atoms with Crippen LogP contribution in [0.4, 0.5) is 0 Å². The summed E-state index contributed by atoms with van der Waals surface area (Å²) in [6.07, 6.45) is 8.55. The number of aryl methyl sites for hydroxylation is 1. The highest BCUT2D eigenvalue weighted by molar-refractivity contribution is 8.00. The summed E-state index contributed by atoms with van der Waals surface area (Å²) in [5, 5.41) is 4.17. The zero-order chi connectivity index (χ0) is 11.4. The summed E-state index contributed by atoms with van der Waals surface area (Å²) < 4.78 is 5.36. The van der Waals surface area contributed by atoms with Crippen molar-refractivity contribution in [2.45, 2.75) is 55.2 Å². The van der Waals surface area contributed by atoms with Crippen molar-refractivity contribution in [1.82, 2.24) is 5.32 Å². The molecule has 1 aromatic heterocycles. The van der Waals surface area contributed by atoms with E-state index < -0.39 is 0 Å². The average Bonchev–Trinajstić information content (AvgIpc) is 2.56. The van der Waals surface area contributed by atoms with E-state index in [-0.39, 0.29) is 0 Å². The third-order valence-corrected chi connectivity index (χ3v) is 4.96. The van der Waals surface area contributed by atoms with Crippen molar-refractivity contribution >= 4 is 11.8 Å². The lowest BCUT2D eigenvalue weighted by Crippen LogP contribution is -2.34. The van der Waals surface area contributed by atoms with Gasteiger partial charge in [-0.05, 0) is 32.9 Å². The number of nitrogens with one attached hydrogen (secondary N) is 1. The molecule has 0 spiro atoms. The van der Waals surface area contributed by atoms with Crippen LogP contribution in [0.25, 0.3) is 0 Å². The molecule has 1 aromatic rings. The topological polar surface area (TPSA) is 25.2 Å². The quantitative estimate of drug-likeness (QED) is 0.816. The molecule has 3 heteroatoms. The Labute approximate surface area is 102 Å². The van der Waals surface area contributed by atoms with Crippen LogP contribution in [0.1, 0.15) is 37.9 Å². The lowest BCUT2D eigenvalue weighted by molar-refractivity contribution is 0.508. The molecule has 2 unspecified atom stereocenters. The Morgan fingerprint density at radius 1 is 1.31 bits per heavy atom. The molecule has 0 bridgehead atoms. The molecule has 0 aromatic carbocycles. The van der Waals surface area contributed by atoms with Crippen LogP contribution in [0.2, 0.25) is 0 Å². The molecule has 0 aliphatic heterocycles. The second kappa shape index (κ2) is 5.78. The Balaban J connectivity index is 2.03. The Bertz CT molecular complexity index is 323. The van der Waals surface area contributed by atoms with Gasteiger partial charge >= 0.3 is 0 Å². The van der Waals surface area contributed by atoms with Gasteiger partial charge in [0.05, 0.1) is 6.26 Å². The molecule has 16 heavy (non-hydrogen) atoms. The highest BCUT2D eigenvalue weighted by Crippen LogP contribution is 2.34. The van der Waals surface area contributed by atoms with E-state index in [1.807, 2.05) is 18.7 Å². The zero-order valence-electron chi connectivity index (χ0n) is 10.2. The van der Waals surface area contributed by atoms with E-state index in [9.17, 15) is 0 Å². The first kappa shape index (κ1) is 12.1. The Kier molecular flexibility index (Phi) is 4.36. The molecule has 0 amide bonds. The standard InChI is InChI=1S/C13H21NOS/c1-10-12(8-9-15-10)16-13-7-5-3-4-6-11(13)14-2/h8-9,11,13-14H,3-7H2,1-2H3. The van der Waals surface area contributed by atoms with Crippen LogP contribution in [0.5, 0.6) is 0 Å². The van der Waals surface area contributed by atoms with Crippen molar-refractivity contribution < 1.29 is 4.42 Å². The van der Waals surface area contributed by atoms with E-state index in [2.05, 4.69) is 18.4 Å². The molecule has 1 aliphatic rings. The maximum atomic E-state index is 5.36. The van der Waals surface area contributed by atoms with Gasteiger partial charge in [0.1, 0.15) is 5.76 Å². The molecule has 1 aliphatic carbocycles. The SMILES string of the molecule is CNC1CCCCCC1Sc1ccoc1C. The third-order valence-electron chi connectivity index (χ3n) is 3.41. The fraction of sp³-hybridized carbons (Fsp3) is 0.692. The second-order valence-electron chi connectivity index (χ2n) is 4.53. The minimum atomic E-state index is 0.654. The first-order chi connectivity index (χ1) is 7.81. The van der Waals surface area contributed by atoms with Crippen LogP contribution < -0.4 is 5.32 Å². The molecule has 1 fully saturated rings. The Morgan fingerprint density at radius 3 is 2.81 bits per heavy atom. The van der Waals surface area contributed by atoms with Crippen LogP contribution in [-0.4, -0.2) is 18.3 Å². The third kappa shape index (κ3) is 2.83. The van der Waals surface area contributed by atoms with Crippen molar-refractivity contribution in [2.24, 2.45) is 0 Å². The minimum absolute atomic E-state index is 0.654. The van der Waals surface area contributed by atoms with Crippen molar-refractivity contribution in [1.29, 1.82) is 0 Å². The van der Waals surface area contributed by atoms with Gasteiger partial charge in [-0.1, -0.05) is 19.3 Å². The smallest absolute Gasteiger partial charge is 0.114 e. The largest absolute Gasteiger partial charge is 0.468 e. The number of furan rings is 1. The summed E-state index contributed by atoms with van der Waals surface area (Å²) >= 11 is 1.99. The number of hydrogen-bond donors (Lipinski definition) is 1. The molecular formula is C13H21NOS. The molecule has 0 saturated heterocycles. The predicted octanol–water partition coefficient (Wildman–Crippen LogP) is 3.60. The molecule has 0 radical (unpaired) electrons. The van der Waals surface area contributed by atoms with E-state index in [4.69, 9.17) is 4.42 Å². The molecule has 2 nitrogen and oxygen atoms in total. The van der Waals surface area contributed by atoms with E-state index in [0.29, 0.717) is 11.3 Å². The fourth-order valence-electron chi connectivity index (χ4n) is 2.40. The van der Waals surface area contributed by atoms with Crippen LogP contribution in [0.15, 0.2) is 21.6 Å². The van der Waals surface area contributed by atoms with Gasteiger partial charge in [-0.3, -0.25) is 0 Å². The van der Waals surface area contributed by atoms with Crippen molar-refractivity contribution in [3.63, 3.8) is 0 Å². The highest BCUT2D eigenvalue weighted by Gasteiger charge is 2.24. The minimum Gasteiger partial charge on any atom is -0.468 e. The Morgan fingerprint density at radius 2 is 2.12 bits per heavy atom. The van der Waals surface area contributed by atoms with E-state index in [1.54, 1.807) is 6.26 Å².